The van der Waals surface area contributed by atoms with Crippen LogP contribution in [0.1, 0.15) is 20.3 Å². The van der Waals surface area contributed by atoms with Crippen LogP contribution in [0.15, 0.2) is 12.4 Å². The summed E-state index contributed by atoms with van der Waals surface area (Å²) in [6, 6.07) is 0.218. The highest BCUT2D eigenvalue weighted by molar-refractivity contribution is 7.99. The molecule has 152 valence electrons. The van der Waals surface area contributed by atoms with Gasteiger partial charge in [0.05, 0.1) is 24.1 Å². The molecule has 2 aliphatic rings. The van der Waals surface area contributed by atoms with E-state index in [0.29, 0.717) is 25.2 Å². The van der Waals surface area contributed by atoms with Crippen molar-refractivity contribution in [2.75, 3.05) is 36.5 Å². The van der Waals surface area contributed by atoms with E-state index >= 15 is 0 Å². The Kier molecular flexibility index (Phi) is 8.40. The van der Waals surface area contributed by atoms with Crippen molar-refractivity contribution in [2.45, 2.75) is 45.1 Å². The SMILES string of the molecule is CC1CN(C(=O)Cn2cc(NC(=O)CC3CSCCN3)cn2)CC(C)O1.Cl. The number of ether oxygens (including phenoxy) is 1. The largest absolute Gasteiger partial charge is 0.372 e. The number of hydrogen-bond acceptors (Lipinski definition) is 6. The van der Waals surface area contributed by atoms with Gasteiger partial charge in [-0.2, -0.15) is 16.9 Å². The third-order valence-corrected chi connectivity index (χ3v) is 5.55. The Labute approximate surface area is 170 Å². The molecule has 2 N–H and O–H groups in total. The molecule has 2 saturated heterocycles. The number of morpholine rings is 1. The van der Waals surface area contributed by atoms with Gasteiger partial charge in [0.15, 0.2) is 0 Å². The van der Waals surface area contributed by atoms with E-state index in [1.165, 1.54) is 0 Å². The summed E-state index contributed by atoms with van der Waals surface area (Å²) in [5.74, 6) is 2.03. The summed E-state index contributed by atoms with van der Waals surface area (Å²) >= 11 is 1.87. The van der Waals surface area contributed by atoms with Crippen LogP contribution in [0.5, 0.6) is 0 Å². The number of halogens is 1. The number of carbonyl (C=O) groups excluding carboxylic acids is 2. The molecule has 0 bridgehead atoms. The summed E-state index contributed by atoms with van der Waals surface area (Å²) in [5, 5.41) is 10.4. The number of hydrogen-bond donors (Lipinski definition) is 2. The molecule has 3 heterocycles. The van der Waals surface area contributed by atoms with Crippen molar-refractivity contribution in [1.29, 1.82) is 0 Å². The molecule has 0 aromatic carbocycles. The van der Waals surface area contributed by atoms with Gasteiger partial charge >= 0.3 is 0 Å². The van der Waals surface area contributed by atoms with Crippen molar-refractivity contribution in [1.82, 2.24) is 20.0 Å². The van der Waals surface area contributed by atoms with Crippen molar-refractivity contribution in [3.05, 3.63) is 12.4 Å². The average Bonchev–Trinajstić information content (AvgIpc) is 3.01. The highest BCUT2D eigenvalue weighted by atomic mass is 35.5. The van der Waals surface area contributed by atoms with Crippen molar-refractivity contribution in [3.8, 4) is 0 Å². The predicted octanol–water partition coefficient (Wildman–Crippen LogP) is 0.974. The number of carbonyl (C=O) groups is 2. The normalized spacial score (nSPS) is 25.6. The van der Waals surface area contributed by atoms with E-state index in [1.807, 2.05) is 30.5 Å². The molecule has 1 aromatic heterocycles. The number of nitrogens with zero attached hydrogens (tertiary/aromatic N) is 3. The summed E-state index contributed by atoms with van der Waals surface area (Å²) in [7, 11) is 0. The molecule has 3 atom stereocenters. The fourth-order valence-corrected chi connectivity index (χ4v) is 4.27. The monoisotopic (exact) mass is 417 g/mol. The Morgan fingerprint density at radius 3 is 2.78 bits per heavy atom. The lowest BCUT2D eigenvalue weighted by Crippen LogP contribution is -2.49. The van der Waals surface area contributed by atoms with Gasteiger partial charge in [-0.3, -0.25) is 14.3 Å². The number of rotatable bonds is 5. The average molecular weight is 418 g/mol. The number of anilines is 1. The van der Waals surface area contributed by atoms with Crippen LogP contribution in [0.25, 0.3) is 0 Å². The second-order valence-corrected chi connectivity index (χ2v) is 8.11. The fourth-order valence-electron chi connectivity index (χ4n) is 3.32. The van der Waals surface area contributed by atoms with Gasteiger partial charge in [-0.1, -0.05) is 0 Å². The van der Waals surface area contributed by atoms with Gasteiger partial charge in [0.25, 0.3) is 0 Å². The van der Waals surface area contributed by atoms with Gasteiger partial charge in [0, 0.05) is 49.8 Å². The van der Waals surface area contributed by atoms with Gasteiger partial charge in [-0.25, -0.2) is 0 Å². The van der Waals surface area contributed by atoms with Crippen LogP contribution in [0, 0.1) is 0 Å². The standard InChI is InChI=1S/C17H27N5O3S.ClH/c1-12-7-21(8-13(2)25-12)17(24)10-22-9-15(6-19-22)20-16(23)5-14-11-26-4-3-18-14;/h6,9,12-14,18H,3-5,7-8,10-11H2,1-2H3,(H,20,23);1H. The van der Waals surface area contributed by atoms with Crippen molar-refractivity contribution < 1.29 is 14.3 Å². The lowest BCUT2D eigenvalue weighted by molar-refractivity contribution is -0.144. The van der Waals surface area contributed by atoms with E-state index in [2.05, 4.69) is 15.7 Å². The zero-order valence-corrected chi connectivity index (χ0v) is 17.4. The molecular formula is C17H28ClN5O3S. The Morgan fingerprint density at radius 1 is 1.37 bits per heavy atom. The van der Waals surface area contributed by atoms with E-state index in [9.17, 15) is 9.59 Å². The van der Waals surface area contributed by atoms with E-state index in [-0.39, 0.29) is 49.0 Å². The smallest absolute Gasteiger partial charge is 0.244 e. The van der Waals surface area contributed by atoms with Gasteiger partial charge < -0.3 is 20.3 Å². The maximum Gasteiger partial charge on any atom is 0.244 e. The van der Waals surface area contributed by atoms with Gasteiger partial charge in [-0.05, 0) is 13.8 Å². The molecule has 10 heteroatoms. The Bertz CT molecular complexity index is 628. The van der Waals surface area contributed by atoms with E-state index in [4.69, 9.17) is 4.74 Å². The quantitative estimate of drug-likeness (QED) is 0.742. The predicted molar refractivity (Wildman–Crippen MR) is 108 cm³/mol. The molecule has 0 radical (unpaired) electrons. The highest BCUT2D eigenvalue weighted by Crippen LogP contribution is 2.13. The zero-order valence-electron chi connectivity index (χ0n) is 15.7. The van der Waals surface area contributed by atoms with E-state index in [0.717, 1.165) is 18.1 Å². The maximum atomic E-state index is 12.5. The minimum Gasteiger partial charge on any atom is -0.372 e. The molecule has 8 nitrogen and oxygen atoms in total. The molecule has 0 aliphatic carbocycles. The second-order valence-electron chi connectivity index (χ2n) is 6.96. The van der Waals surface area contributed by atoms with Crippen LogP contribution in [-0.4, -0.2) is 75.9 Å². The van der Waals surface area contributed by atoms with Crippen LogP contribution in [-0.2, 0) is 20.9 Å². The first-order valence-electron chi connectivity index (χ1n) is 9.06. The maximum absolute atomic E-state index is 12.5. The van der Waals surface area contributed by atoms with Gasteiger partial charge in [0.1, 0.15) is 6.54 Å². The molecule has 2 amide bonds. The van der Waals surface area contributed by atoms with E-state index in [1.54, 1.807) is 17.1 Å². The second kappa shape index (κ2) is 10.3. The molecule has 0 saturated carbocycles. The Hall–Kier alpha value is -1.29. The van der Waals surface area contributed by atoms with Crippen molar-refractivity contribution in [2.24, 2.45) is 0 Å². The number of thioether (sulfide) groups is 1. The first-order valence-corrected chi connectivity index (χ1v) is 10.2. The third kappa shape index (κ3) is 6.67. The topological polar surface area (TPSA) is 88.5 Å². The van der Waals surface area contributed by atoms with Crippen LogP contribution in [0.2, 0.25) is 0 Å². The molecule has 2 fully saturated rings. The molecule has 3 rings (SSSR count). The molecule has 27 heavy (non-hydrogen) atoms. The van der Waals surface area contributed by atoms with Crippen molar-refractivity contribution >= 4 is 41.7 Å². The van der Waals surface area contributed by atoms with Crippen LogP contribution < -0.4 is 10.6 Å². The summed E-state index contributed by atoms with van der Waals surface area (Å²) in [6.45, 7) is 6.24. The minimum absolute atomic E-state index is 0. The molecule has 2 aliphatic heterocycles. The molecular weight excluding hydrogens is 390 g/mol. The molecule has 3 unspecified atom stereocenters. The lowest BCUT2D eigenvalue weighted by atomic mass is 10.2. The Morgan fingerprint density at radius 2 is 2.11 bits per heavy atom. The Balaban J connectivity index is 0.00000261. The summed E-state index contributed by atoms with van der Waals surface area (Å²) < 4.78 is 7.22. The summed E-state index contributed by atoms with van der Waals surface area (Å²) in [5.41, 5.74) is 0.620. The lowest BCUT2D eigenvalue weighted by Gasteiger charge is -2.35. The number of aromatic nitrogens is 2. The third-order valence-electron chi connectivity index (χ3n) is 4.42. The van der Waals surface area contributed by atoms with Gasteiger partial charge in [-0.15, -0.1) is 12.4 Å². The first-order chi connectivity index (χ1) is 12.5. The summed E-state index contributed by atoms with van der Waals surface area (Å²) in [4.78, 5) is 26.4. The fraction of sp³-hybridized carbons (Fsp3) is 0.706. The minimum atomic E-state index is -0.0355. The first kappa shape index (κ1) is 22.0. The zero-order chi connectivity index (χ0) is 18.5. The number of nitrogens with one attached hydrogen (secondary N) is 2. The van der Waals surface area contributed by atoms with Crippen molar-refractivity contribution in [3.63, 3.8) is 0 Å². The van der Waals surface area contributed by atoms with Gasteiger partial charge in [0.2, 0.25) is 11.8 Å². The van der Waals surface area contributed by atoms with Crippen LogP contribution in [0.4, 0.5) is 5.69 Å². The molecule has 0 spiro atoms. The highest BCUT2D eigenvalue weighted by Gasteiger charge is 2.26. The summed E-state index contributed by atoms with van der Waals surface area (Å²) in [6.07, 6.45) is 3.81. The van der Waals surface area contributed by atoms with Crippen LogP contribution in [0.3, 0.4) is 0 Å². The number of amides is 2. The van der Waals surface area contributed by atoms with E-state index < -0.39 is 0 Å². The van der Waals surface area contributed by atoms with Crippen LogP contribution >= 0.6 is 24.2 Å². The molecule has 1 aromatic rings.